The summed E-state index contributed by atoms with van der Waals surface area (Å²) in [6.45, 7) is 3.33. The number of aromatic nitrogens is 4. The van der Waals surface area contributed by atoms with Gasteiger partial charge in [0.2, 0.25) is 0 Å². The molecule has 0 N–H and O–H groups in total. The fourth-order valence-electron chi connectivity index (χ4n) is 4.41. The molecule has 2 fully saturated rings. The smallest absolute Gasteiger partial charge is 0.0798 e. The zero-order chi connectivity index (χ0) is 15.8. The molecule has 0 unspecified atom stereocenters. The lowest BCUT2D eigenvalue weighted by Gasteiger charge is -2.37. The first kappa shape index (κ1) is 14.9. The van der Waals surface area contributed by atoms with E-state index in [0.29, 0.717) is 6.04 Å². The van der Waals surface area contributed by atoms with Gasteiger partial charge in [0.1, 0.15) is 0 Å². The second kappa shape index (κ2) is 6.09. The summed E-state index contributed by atoms with van der Waals surface area (Å²) in [5.41, 5.74) is 1.29. The van der Waals surface area contributed by atoms with Crippen LogP contribution in [0, 0.1) is 11.8 Å². The lowest BCUT2D eigenvalue weighted by atomic mass is 9.77. The van der Waals surface area contributed by atoms with Crippen LogP contribution < -0.4 is 0 Å². The van der Waals surface area contributed by atoms with Gasteiger partial charge in [-0.05, 0) is 36.8 Å². The van der Waals surface area contributed by atoms with E-state index in [1.165, 1.54) is 18.8 Å². The van der Waals surface area contributed by atoms with Crippen LogP contribution in [0.3, 0.4) is 0 Å². The Balaban J connectivity index is 1.46. The summed E-state index contributed by atoms with van der Waals surface area (Å²) in [5, 5.41) is 8.73. The van der Waals surface area contributed by atoms with Crippen LogP contribution in [-0.2, 0) is 18.3 Å². The predicted octanol–water partition coefficient (Wildman–Crippen LogP) is 1.71. The fourth-order valence-corrected chi connectivity index (χ4v) is 4.41. The summed E-state index contributed by atoms with van der Waals surface area (Å²) in [6, 6.07) is 4.49. The van der Waals surface area contributed by atoms with Gasteiger partial charge in [-0.1, -0.05) is 0 Å². The molecule has 0 spiro atoms. The van der Waals surface area contributed by atoms with Gasteiger partial charge >= 0.3 is 0 Å². The van der Waals surface area contributed by atoms with Crippen LogP contribution in [0.25, 0.3) is 0 Å². The van der Waals surface area contributed by atoms with Crippen LogP contribution in [0.4, 0.5) is 0 Å². The fraction of sp³-hybridized carbons (Fsp3) is 0.647. The number of ether oxygens (including phenoxy) is 1. The van der Waals surface area contributed by atoms with Crippen molar-refractivity contribution in [1.29, 1.82) is 0 Å². The van der Waals surface area contributed by atoms with E-state index in [1.54, 1.807) is 0 Å². The van der Waals surface area contributed by atoms with E-state index in [-0.39, 0.29) is 6.10 Å². The highest BCUT2D eigenvalue weighted by molar-refractivity contribution is 5.02. The molecule has 6 nitrogen and oxygen atoms in total. The number of methoxy groups -OCH3 is 1. The molecule has 1 saturated heterocycles. The Hall–Kier alpha value is -1.66. The van der Waals surface area contributed by atoms with Crippen molar-refractivity contribution in [2.45, 2.75) is 31.5 Å². The number of likely N-dealkylation sites (tertiary alicyclic amines) is 1. The topological polar surface area (TPSA) is 48.1 Å². The maximum Gasteiger partial charge on any atom is 0.0798 e. The first-order valence-electron chi connectivity index (χ1n) is 8.45. The lowest BCUT2D eigenvalue weighted by molar-refractivity contribution is -0.00486. The molecule has 6 heteroatoms. The minimum Gasteiger partial charge on any atom is -0.379 e. The van der Waals surface area contributed by atoms with Crippen molar-refractivity contribution < 1.29 is 4.74 Å². The minimum absolute atomic E-state index is 0.271. The van der Waals surface area contributed by atoms with Crippen LogP contribution in [0.2, 0.25) is 0 Å². The van der Waals surface area contributed by atoms with Crippen molar-refractivity contribution in [2.24, 2.45) is 18.9 Å². The van der Waals surface area contributed by atoms with Gasteiger partial charge in [-0.25, -0.2) is 0 Å². The van der Waals surface area contributed by atoms with Gasteiger partial charge in [0.15, 0.2) is 0 Å². The molecule has 2 aromatic rings. The van der Waals surface area contributed by atoms with E-state index >= 15 is 0 Å². The second-order valence-electron chi connectivity index (χ2n) is 6.96. The van der Waals surface area contributed by atoms with Crippen LogP contribution in [0.15, 0.2) is 30.7 Å². The molecule has 124 valence electrons. The average Bonchev–Trinajstić information content (AvgIpc) is 3.27. The third-order valence-electron chi connectivity index (χ3n) is 5.64. The summed E-state index contributed by atoms with van der Waals surface area (Å²) in [4.78, 5) is 2.57. The molecule has 1 aliphatic heterocycles. The molecule has 2 aromatic heterocycles. The number of rotatable bonds is 4. The van der Waals surface area contributed by atoms with Crippen LogP contribution in [0.5, 0.6) is 0 Å². The summed E-state index contributed by atoms with van der Waals surface area (Å²) < 4.78 is 9.87. The molecule has 1 saturated carbocycles. The van der Waals surface area contributed by atoms with Crippen molar-refractivity contribution in [3.05, 3.63) is 36.4 Å². The maximum atomic E-state index is 5.80. The normalized spacial score (nSPS) is 31.4. The predicted molar refractivity (Wildman–Crippen MR) is 86.8 cm³/mol. The first-order chi connectivity index (χ1) is 11.2. The van der Waals surface area contributed by atoms with Crippen molar-refractivity contribution in [3.63, 3.8) is 0 Å². The van der Waals surface area contributed by atoms with E-state index < -0.39 is 0 Å². The first-order valence-corrected chi connectivity index (χ1v) is 8.45. The molecule has 0 bridgehead atoms. The third-order valence-corrected chi connectivity index (χ3v) is 5.64. The summed E-state index contributed by atoms with van der Waals surface area (Å²) in [6.07, 6.45) is 8.38. The molecule has 4 atom stereocenters. The molecular weight excluding hydrogens is 290 g/mol. The summed E-state index contributed by atoms with van der Waals surface area (Å²) in [5.74, 6) is 1.48. The summed E-state index contributed by atoms with van der Waals surface area (Å²) >= 11 is 0. The molecule has 0 radical (unpaired) electrons. The molecule has 0 amide bonds. The molecule has 2 aliphatic rings. The molecule has 23 heavy (non-hydrogen) atoms. The highest BCUT2D eigenvalue weighted by Crippen LogP contribution is 2.42. The number of hydrogen-bond donors (Lipinski definition) is 0. The molecular formula is C17H25N5O. The Kier molecular flexibility index (Phi) is 3.95. The van der Waals surface area contributed by atoms with Gasteiger partial charge in [-0.3, -0.25) is 14.3 Å². The van der Waals surface area contributed by atoms with E-state index in [2.05, 4.69) is 32.0 Å². The van der Waals surface area contributed by atoms with E-state index in [1.807, 2.05) is 37.3 Å². The summed E-state index contributed by atoms with van der Waals surface area (Å²) in [7, 11) is 3.86. The largest absolute Gasteiger partial charge is 0.379 e. The Labute approximate surface area is 137 Å². The van der Waals surface area contributed by atoms with Crippen LogP contribution >= 0.6 is 0 Å². The lowest BCUT2D eigenvalue weighted by Crippen LogP contribution is -2.37. The minimum atomic E-state index is 0.271. The van der Waals surface area contributed by atoms with Crippen LogP contribution in [-0.4, -0.2) is 50.8 Å². The molecule has 0 aromatic carbocycles. The Morgan fingerprint density at radius 3 is 2.65 bits per heavy atom. The van der Waals surface area contributed by atoms with Gasteiger partial charge in [0.05, 0.1) is 17.8 Å². The number of hydrogen-bond acceptors (Lipinski definition) is 4. The third kappa shape index (κ3) is 2.81. The molecule has 1 aliphatic carbocycles. The number of fused-ring (bicyclic) bond motifs is 1. The number of aryl methyl sites for hydroxylation is 1. The molecule has 3 heterocycles. The zero-order valence-corrected chi connectivity index (χ0v) is 13.9. The highest BCUT2D eigenvalue weighted by Gasteiger charge is 2.43. The average molecular weight is 315 g/mol. The SMILES string of the molecule is CO[C@H]1C[C@@H]2CN(Cc3ccnn3C)C[C@@H]2C[C@@H]1n1cccn1. The second-order valence-corrected chi connectivity index (χ2v) is 6.96. The van der Waals surface area contributed by atoms with Crippen LogP contribution in [0.1, 0.15) is 24.6 Å². The molecule has 4 rings (SSSR count). The van der Waals surface area contributed by atoms with Gasteiger partial charge in [-0.15, -0.1) is 0 Å². The highest BCUT2D eigenvalue weighted by atomic mass is 16.5. The number of nitrogens with zero attached hydrogens (tertiary/aromatic N) is 5. The standard InChI is InChI=1S/C17H25N5O/c1-20-15(4-6-18-20)12-21-10-13-8-16(22-7-3-5-19-22)17(23-2)9-14(13)11-21/h3-7,13-14,16-17H,8-12H2,1-2H3/t13-,14+,16-,17-/m0/s1. The van der Waals surface area contributed by atoms with Crippen molar-refractivity contribution in [3.8, 4) is 0 Å². The van der Waals surface area contributed by atoms with Gasteiger partial charge in [-0.2, -0.15) is 10.2 Å². The monoisotopic (exact) mass is 315 g/mol. The van der Waals surface area contributed by atoms with Gasteiger partial charge in [0, 0.05) is 52.4 Å². The Bertz CT molecular complexity index is 637. The van der Waals surface area contributed by atoms with Gasteiger partial charge < -0.3 is 4.74 Å². The van der Waals surface area contributed by atoms with E-state index in [9.17, 15) is 0 Å². The van der Waals surface area contributed by atoms with Gasteiger partial charge in [0.25, 0.3) is 0 Å². The van der Waals surface area contributed by atoms with Crippen molar-refractivity contribution >= 4 is 0 Å². The quantitative estimate of drug-likeness (QED) is 0.862. The Morgan fingerprint density at radius 2 is 2.00 bits per heavy atom. The van der Waals surface area contributed by atoms with E-state index in [4.69, 9.17) is 4.74 Å². The zero-order valence-electron chi connectivity index (χ0n) is 13.9. The maximum absolute atomic E-state index is 5.80. The van der Waals surface area contributed by atoms with Crippen molar-refractivity contribution in [1.82, 2.24) is 24.5 Å². The van der Waals surface area contributed by atoms with Crippen molar-refractivity contribution in [2.75, 3.05) is 20.2 Å². The Morgan fingerprint density at radius 1 is 1.17 bits per heavy atom. The van der Waals surface area contributed by atoms with E-state index in [0.717, 1.165) is 31.2 Å².